The van der Waals surface area contributed by atoms with E-state index in [9.17, 15) is 5.11 Å². The van der Waals surface area contributed by atoms with Gasteiger partial charge in [0, 0.05) is 6.54 Å². The minimum atomic E-state index is -0.730. The standard InChI is InChI=1S/C15H19Cl2N3O/c1-2-7-19-8-10(16)13(17)14(21)15(19)20-9-18-11-5-3-4-6-12(11)20/h3-6,9-10,13-15,21H,2,7-8H2,1H3. The molecule has 4 nitrogen and oxygen atoms in total. The monoisotopic (exact) mass is 327 g/mol. The Morgan fingerprint density at radius 2 is 2.10 bits per heavy atom. The smallest absolute Gasteiger partial charge is 0.116 e. The van der Waals surface area contributed by atoms with E-state index in [2.05, 4.69) is 16.8 Å². The van der Waals surface area contributed by atoms with E-state index in [-0.39, 0.29) is 11.5 Å². The lowest BCUT2D eigenvalue weighted by atomic mass is 10.0. The molecule has 0 bridgehead atoms. The van der Waals surface area contributed by atoms with Crippen LogP contribution < -0.4 is 0 Å². The Kier molecular flexibility index (Phi) is 4.41. The Morgan fingerprint density at radius 1 is 1.33 bits per heavy atom. The van der Waals surface area contributed by atoms with E-state index in [1.54, 1.807) is 6.33 Å². The van der Waals surface area contributed by atoms with Crippen molar-refractivity contribution in [2.75, 3.05) is 13.1 Å². The molecule has 0 aliphatic carbocycles. The lowest BCUT2D eigenvalue weighted by molar-refractivity contribution is -0.0206. The van der Waals surface area contributed by atoms with Gasteiger partial charge in [-0.05, 0) is 25.1 Å². The van der Waals surface area contributed by atoms with Crippen molar-refractivity contribution < 1.29 is 5.11 Å². The fourth-order valence-corrected chi connectivity index (χ4v) is 3.60. The molecule has 1 aromatic heterocycles. The molecule has 6 heteroatoms. The number of alkyl halides is 2. The summed E-state index contributed by atoms with van der Waals surface area (Å²) in [7, 11) is 0. The fourth-order valence-electron chi connectivity index (χ4n) is 3.07. The molecule has 3 rings (SSSR count). The molecule has 0 spiro atoms. The lowest BCUT2D eigenvalue weighted by Gasteiger charge is -2.44. The van der Waals surface area contributed by atoms with Crippen LogP contribution in [0.15, 0.2) is 30.6 Å². The average Bonchev–Trinajstić information content (AvgIpc) is 2.89. The summed E-state index contributed by atoms with van der Waals surface area (Å²) < 4.78 is 2.01. The van der Waals surface area contributed by atoms with Crippen LogP contribution in [0.4, 0.5) is 0 Å². The number of aromatic nitrogens is 2. The molecular weight excluding hydrogens is 309 g/mol. The molecule has 0 saturated carbocycles. The molecule has 1 N–H and O–H groups in total. The van der Waals surface area contributed by atoms with Crippen LogP contribution in [0.2, 0.25) is 0 Å². The number of imidazole rings is 1. The van der Waals surface area contributed by atoms with Gasteiger partial charge in [-0.25, -0.2) is 4.98 Å². The first-order chi connectivity index (χ1) is 10.1. The number of aliphatic hydroxyl groups excluding tert-OH is 1. The van der Waals surface area contributed by atoms with Gasteiger partial charge in [0.1, 0.15) is 12.3 Å². The summed E-state index contributed by atoms with van der Waals surface area (Å²) in [6.07, 6.45) is 1.81. The van der Waals surface area contributed by atoms with Gasteiger partial charge in [-0.1, -0.05) is 19.1 Å². The van der Waals surface area contributed by atoms with Crippen LogP contribution in [0.25, 0.3) is 11.0 Å². The zero-order valence-corrected chi connectivity index (χ0v) is 13.4. The van der Waals surface area contributed by atoms with Crippen LogP contribution >= 0.6 is 23.2 Å². The minimum Gasteiger partial charge on any atom is -0.388 e. The molecule has 1 saturated heterocycles. The van der Waals surface area contributed by atoms with Gasteiger partial charge in [-0.2, -0.15) is 0 Å². The molecular formula is C15H19Cl2N3O. The zero-order chi connectivity index (χ0) is 15.0. The van der Waals surface area contributed by atoms with Crippen LogP contribution in [0.1, 0.15) is 19.5 Å². The second-order valence-corrected chi connectivity index (χ2v) is 6.56. The van der Waals surface area contributed by atoms with E-state index in [0.29, 0.717) is 6.54 Å². The Labute approximate surface area is 134 Å². The van der Waals surface area contributed by atoms with E-state index in [1.807, 2.05) is 28.8 Å². The summed E-state index contributed by atoms with van der Waals surface area (Å²) in [6, 6.07) is 7.91. The summed E-state index contributed by atoms with van der Waals surface area (Å²) in [5.74, 6) is 0. The van der Waals surface area contributed by atoms with Crippen molar-refractivity contribution in [3.63, 3.8) is 0 Å². The van der Waals surface area contributed by atoms with Crippen molar-refractivity contribution >= 4 is 34.2 Å². The number of likely N-dealkylation sites (tertiary alicyclic amines) is 1. The molecule has 21 heavy (non-hydrogen) atoms. The average molecular weight is 328 g/mol. The number of benzene rings is 1. The third-order valence-corrected chi connectivity index (χ3v) is 5.14. The highest BCUT2D eigenvalue weighted by Crippen LogP contribution is 2.34. The quantitative estimate of drug-likeness (QED) is 0.881. The van der Waals surface area contributed by atoms with Gasteiger partial charge < -0.3 is 9.67 Å². The summed E-state index contributed by atoms with van der Waals surface area (Å²) in [4.78, 5) is 6.61. The molecule has 4 unspecified atom stereocenters. The largest absolute Gasteiger partial charge is 0.388 e. The number of fused-ring (bicyclic) bond motifs is 1. The van der Waals surface area contributed by atoms with Gasteiger partial charge in [-0.3, -0.25) is 4.90 Å². The predicted molar refractivity (Wildman–Crippen MR) is 85.9 cm³/mol. The molecule has 0 amide bonds. The maximum atomic E-state index is 10.6. The Hall–Kier alpha value is -0.810. The molecule has 1 aliphatic heterocycles. The molecule has 114 valence electrons. The summed E-state index contributed by atoms with van der Waals surface area (Å²) >= 11 is 12.6. The second-order valence-electron chi connectivity index (χ2n) is 5.50. The van der Waals surface area contributed by atoms with E-state index in [0.717, 1.165) is 24.0 Å². The van der Waals surface area contributed by atoms with Crippen molar-refractivity contribution in [3.8, 4) is 0 Å². The van der Waals surface area contributed by atoms with E-state index >= 15 is 0 Å². The van der Waals surface area contributed by atoms with Crippen molar-refractivity contribution in [3.05, 3.63) is 30.6 Å². The van der Waals surface area contributed by atoms with Gasteiger partial charge in [0.25, 0.3) is 0 Å². The predicted octanol–water partition coefficient (Wildman–Crippen LogP) is 2.84. The first-order valence-corrected chi connectivity index (χ1v) is 8.12. The highest BCUT2D eigenvalue weighted by Gasteiger charge is 2.42. The summed E-state index contributed by atoms with van der Waals surface area (Å²) in [6.45, 7) is 3.64. The highest BCUT2D eigenvalue weighted by atomic mass is 35.5. The topological polar surface area (TPSA) is 41.3 Å². The van der Waals surface area contributed by atoms with Crippen LogP contribution in [-0.2, 0) is 0 Å². The number of halogens is 2. The normalized spacial score (nSPS) is 30.9. The first kappa shape index (κ1) is 15.1. The Balaban J connectivity index is 2.03. The molecule has 2 aromatic rings. The SMILES string of the molecule is CCCN1CC(Cl)C(Cl)C(O)C1n1cnc2ccccc21. The second kappa shape index (κ2) is 6.13. The number of nitrogens with zero attached hydrogens (tertiary/aromatic N) is 3. The van der Waals surface area contributed by atoms with Gasteiger partial charge in [0.05, 0.1) is 28.1 Å². The summed E-state index contributed by atoms with van der Waals surface area (Å²) in [5, 5.41) is 9.91. The van der Waals surface area contributed by atoms with Crippen LogP contribution in [0.5, 0.6) is 0 Å². The van der Waals surface area contributed by atoms with Crippen LogP contribution in [0.3, 0.4) is 0 Å². The Morgan fingerprint density at radius 3 is 2.86 bits per heavy atom. The van der Waals surface area contributed by atoms with E-state index in [1.165, 1.54) is 0 Å². The zero-order valence-electron chi connectivity index (χ0n) is 11.9. The van der Waals surface area contributed by atoms with Crippen LogP contribution in [0, 0.1) is 0 Å². The first-order valence-electron chi connectivity index (χ1n) is 7.25. The van der Waals surface area contributed by atoms with Crippen molar-refractivity contribution in [1.82, 2.24) is 14.5 Å². The number of aliphatic hydroxyl groups is 1. The maximum Gasteiger partial charge on any atom is 0.116 e. The number of para-hydroxylation sites is 2. The van der Waals surface area contributed by atoms with Gasteiger partial charge in [-0.15, -0.1) is 23.2 Å². The maximum absolute atomic E-state index is 10.6. The highest BCUT2D eigenvalue weighted by molar-refractivity contribution is 6.30. The number of rotatable bonds is 3. The number of piperidine rings is 1. The molecule has 1 aliphatic rings. The molecule has 1 aromatic carbocycles. The third-order valence-electron chi connectivity index (χ3n) is 4.04. The van der Waals surface area contributed by atoms with Crippen LogP contribution in [-0.4, -0.2) is 49.5 Å². The lowest BCUT2D eigenvalue weighted by Crippen LogP contribution is -2.55. The van der Waals surface area contributed by atoms with Gasteiger partial charge in [0.15, 0.2) is 0 Å². The molecule has 4 atom stereocenters. The van der Waals surface area contributed by atoms with Crippen molar-refractivity contribution in [2.24, 2.45) is 0 Å². The minimum absolute atomic E-state index is 0.227. The van der Waals surface area contributed by atoms with Crippen molar-refractivity contribution in [2.45, 2.75) is 36.4 Å². The Bertz CT molecular complexity index is 618. The molecule has 2 heterocycles. The third kappa shape index (κ3) is 2.66. The van der Waals surface area contributed by atoms with Gasteiger partial charge >= 0.3 is 0 Å². The molecule has 0 radical (unpaired) electrons. The van der Waals surface area contributed by atoms with E-state index < -0.39 is 11.5 Å². The summed E-state index contributed by atoms with van der Waals surface area (Å²) in [5.41, 5.74) is 1.92. The number of hydrogen-bond acceptors (Lipinski definition) is 3. The fraction of sp³-hybridized carbons (Fsp3) is 0.533. The molecule has 1 fully saturated rings. The van der Waals surface area contributed by atoms with Crippen molar-refractivity contribution in [1.29, 1.82) is 0 Å². The number of hydrogen-bond donors (Lipinski definition) is 1. The van der Waals surface area contributed by atoms with Gasteiger partial charge in [0.2, 0.25) is 0 Å². The van der Waals surface area contributed by atoms with E-state index in [4.69, 9.17) is 23.2 Å².